The minimum Gasteiger partial charge on any atom is -0.450 e. The number of hydrogen-bond acceptors (Lipinski definition) is 4. The summed E-state index contributed by atoms with van der Waals surface area (Å²) in [7, 11) is 0. The maximum atomic E-state index is 12.4. The van der Waals surface area contributed by atoms with Crippen LogP contribution in [0.5, 0.6) is 0 Å². The van der Waals surface area contributed by atoms with E-state index >= 15 is 0 Å². The van der Waals surface area contributed by atoms with Gasteiger partial charge in [-0.1, -0.05) is 32.0 Å². The first-order valence-corrected chi connectivity index (χ1v) is 9.46. The second-order valence-corrected chi connectivity index (χ2v) is 7.08. The highest BCUT2D eigenvalue weighted by Gasteiger charge is 2.23. The van der Waals surface area contributed by atoms with E-state index in [1.165, 1.54) is 0 Å². The van der Waals surface area contributed by atoms with Crippen LogP contribution in [0.4, 0.5) is 10.5 Å². The zero-order chi connectivity index (χ0) is 19.1. The number of carbonyl (C=O) groups is 2. The molecule has 0 aliphatic carbocycles. The first-order chi connectivity index (χ1) is 12.4. The quantitative estimate of drug-likeness (QED) is 0.816. The van der Waals surface area contributed by atoms with E-state index in [0.29, 0.717) is 25.6 Å². The molecular weight excluding hydrogens is 330 g/mol. The number of hydrogen-bond donors (Lipinski definition) is 2. The van der Waals surface area contributed by atoms with Crippen molar-refractivity contribution in [3.8, 4) is 0 Å². The van der Waals surface area contributed by atoms with Crippen LogP contribution in [0.15, 0.2) is 18.2 Å². The van der Waals surface area contributed by atoms with Gasteiger partial charge in [-0.2, -0.15) is 0 Å². The number of anilines is 1. The Labute approximate surface area is 156 Å². The third-order valence-corrected chi connectivity index (χ3v) is 4.76. The SMILES string of the molecule is CCOC(=O)N1CCC(NCC(=O)Nc2c(C)cccc2C(C)C)CC1. The van der Waals surface area contributed by atoms with Crippen molar-refractivity contribution in [2.75, 3.05) is 31.6 Å². The van der Waals surface area contributed by atoms with Crippen LogP contribution in [0.2, 0.25) is 0 Å². The van der Waals surface area contributed by atoms with Crippen molar-refractivity contribution in [3.63, 3.8) is 0 Å². The number of nitrogens with one attached hydrogen (secondary N) is 2. The van der Waals surface area contributed by atoms with E-state index in [-0.39, 0.29) is 24.6 Å². The highest BCUT2D eigenvalue weighted by atomic mass is 16.6. The molecule has 0 unspecified atom stereocenters. The van der Waals surface area contributed by atoms with Crippen LogP contribution in [0.1, 0.15) is 50.7 Å². The summed E-state index contributed by atoms with van der Waals surface area (Å²) in [5, 5.41) is 6.37. The molecule has 2 rings (SSSR count). The lowest BCUT2D eigenvalue weighted by Crippen LogP contribution is -2.46. The molecule has 2 amide bonds. The van der Waals surface area contributed by atoms with Crippen LogP contribution in [0.3, 0.4) is 0 Å². The largest absolute Gasteiger partial charge is 0.450 e. The van der Waals surface area contributed by atoms with Crippen LogP contribution in [-0.2, 0) is 9.53 Å². The molecule has 2 N–H and O–H groups in total. The van der Waals surface area contributed by atoms with E-state index in [1.807, 2.05) is 26.0 Å². The van der Waals surface area contributed by atoms with Gasteiger partial charge in [-0.3, -0.25) is 4.79 Å². The van der Waals surface area contributed by atoms with Gasteiger partial charge in [0.2, 0.25) is 5.91 Å². The highest BCUT2D eigenvalue weighted by molar-refractivity contribution is 5.94. The Balaban J connectivity index is 1.81. The van der Waals surface area contributed by atoms with Gasteiger partial charge in [-0.05, 0) is 43.7 Å². The van der Waals surface area contributed by atoms with Gasteiger partial charge < -0.3 is 20.3 Å². The van der Waals surface area contributed by atoms with Gasteiger partial charge in [0.25, 0.3) is 0 Å². The Kier molecular flexibility index (Phi) is 7.45. The predicted octanol–water partition coefficient (Wildman–Crippen LogP) is 3.27. The van der Waals surface area contributed by atoms with Gasteiger partial charge in [0.1, 0.15) is 0 Å². The summed E-state index contributed by atoms with van der Waals surface area (Å²) in [5.74, 6) is 0.319. The van der Waals surface area contributed by atoms with Crippen molar-refractivity contribution in [1.29, 1.82) is 0 Å². The third-order valence-electron chi connectivity index (χ3n) is 4.76. The molecule has 0 atom stereocenters. The van der Waals surface area contributed by atoms with Crippen molar-refractivity contribution in [2.24, 2.45) is 0 Å². The fourth-order valence-electron chi connectivity index (χ4n) is 3.24. The smallest absolute Gasteiger partial charge is 0.409 e. The summed E-state index contributed by atoms with van der Waals surface area (Å²) in [6.07, 6.45) is 1.41. The normalized spacial score (nSPS) is 15.2. The van der Waals surface area contributed by atoms with Crippen molar-refractivity contribution in [2.45, 2.75) is 52.5 Å². The molecule has 1 fully saturated rings. The number of ether oxygens (including phenoxy) is 1. The highest BCUT2D eigenvalue weighted by Crippen LogP contribution is 2.27. The summed E-state index contributed by atoms with van der Waals surface area (Å²) in [5.41, 5.74) is 3.15. The molecule has 0 spiro atoms. The van der Waals surface area contributed by atoms with E-state index in [9.17, 15) is 9.59 Å². The average molecular weight is 361 g/mol. The van der Waals surface area contributed by atoms with E-state index in [2.05, 4.69) is 30.5 Å². The fourth-order valence-corrected chi connectivity index (χ4v) is 3.24. The van der Waals surface area contributed by atoms with Crippen molar-refractivity contribution < 1.29 is 14.3 Å². The zero-order valence-electron chi connectivity index (χ0n) is 16.3. The summed E-state index contributed by atoms with van der Waals surface area (Å²) in [6.45, 7) is 10.1. The lowest BCUT2D eigenvalue weighted by molar-refractivity contribution is -0.115. The van der Waals surface area contributed by atoms with E-state index in [4.69, 9.17) is 4.74 Å². The number of piperidine rings is 1. The van der Waals surface area contributed by atoms with Gasteiger partial charge >= 0.3 is 6.09 Å². The molecule has 0 bridgehead atoms. The lowest BCUT2D eigenvalue weighted by atomic mass is 9.98. The zero-order valence-corrected chi connectivity index (χ0v) is 16.3. The van der Waals surface area contributed by atoms with Crippen molar-refractivity contribution >= 4 is 17.7 Å². The topological polar surface area (TPSA) is 70.7 Å². The number of nitrogens with zero attached hydrogens (tertiary/aromatic N) is 1. The maximum Gasteiger partial charge on any atom is 0.409 e. The van der Waals surface area contributed by atoms with Gasteiger partial charge in [-0.15, -0.1) is 0 Å². The van der Waals surface area contributed by atoms with Gasteiger partial charge in [-0.25, -0.2) is 4.79 Å². The Bertz CT molecular complexity index is 623. The number of benzene rings is 1. The van der Waals surface area contributed by atoms with Gasteiger partial charge in [0.15, 0.2) is 0 Å². The maximum absolute atomic E-state index is 12.4. The molecule has 1 aromatic carbocycles. The molecule has 6 nitrogen and oxygen atoms in total. The Morgan fingerprint density at radius 2 is 1.96 bits per heavy atom. The monoisotopic (exact) mass is 361 g/mol. The molecule has 0 aromatic heterocycles. The number of para-hydroxylation sites is 1. The first-order valence-electron chi connectivity index (χ1n) is 9.46. The summed E-state index contributed by atoms with van der Waals surface area (Å²) in [4.78, 5) is 25.8. The first kappa shape index (κ1) is 20.2. The fraction of sp³-hybridized carbons (Fsp3) is 0.600. The average Bonchev–Trinajstić information content (AvgIpc) is 2.62. The van der Waals surface area contributed by atoms with Crippen LogP contribution in [-0.4, -0.2) is 49.2 Å². The second kappa shape index (κ2) is 9.57. The van der Waals surface area contributed by atoms with E-state index in [1.54, 1.807) is 4.90 Å². The molecule has 1 heterocycles. The summed E-state index contributed by atoms with van der Waals surface area (Å²) in [6, 6.07) is 6.34. The number of carbonyl (C=O) groups excluding carboxylic acids is 2. The Hall–Kier alpha value is -2.08. The summed E-state index contributed by atoms with van der Waals surface area (Å²) >= 11 is 0. The van der Waals surface area contributed by atoms with Gasteiger partial charge in [0.05, 0.1) is 13.2 Å². The molecule has 144 valence electrons. The number of amides is 2. The minimum atomic E-state index is -0.246. The third kappa shape index (κ3) is 5.46. The molecular formula is C20H31N3O3. The molecule has 1 aliphatic heterocycles. The van der Waals surface area contributed by atoms with Crippen molar-refractivity contribution in [1.82, 2.24) is 10.2 Å². The Morgan fingerprint density at radius 3 is 2.58 bits per heavy atom. The molecule has 1 aliphatic rings. The second-order valence-electron chi connectivity index (χ2n) is 7.08. The van der Waals surface area contributed by atoms with Crippen LogP contribution < -0.4 is 10.6 Å². The van der Waals surface area contributed by atoms with Crippen molar-refractivity contribution in [3.05, 3.63) is 29.3 Å². The molecule has 1 saturated heterocycles. The Morgan fingerprint density at radius 1 is 1.27 bits per heavy atom. The van der Waals surface area contributed by atoms with Crippen LogP contribution >= 0.6 is 0 Å². The van der Waals surface area contributed by atoms with Crippen LogP contribution in [0.25, 0.3) is 0 Å². The summed E-state index contributed by atoms with van der Waals surface area (Å²) < 4.78 is 5.03. The lowest BCUT2D eigenvalue weighted by Gasteiger charge is -2.31. The predicted molar refractivity (Wildman–Crippen MR) is 104 cm³/mol. The number of aryl methyl sites for hydroxylation is 1. The minimum absolute atomic E-state index is 0.0333. The number of rotatable bonds is 6. The standard InChI is InChI=1S/C20H31N3O3/c1-5-26-20(25)23-11-9-16(10-12-23)21-13-18(24)22-19-15(4)7-6-8-17(19)14(2)3/h6-8,14,16,21H,5,9-13H2,1-4H3,(H,22,24). The molecule has 0 radical (unpaired) electrons. The van der Waals surface area contributed by atoms with E-state index < -0.39 is 0 Å². The number of likely N-dealkylation sites (tertiary alicyclic amines) is 1. The van der Waals surface area contributed by atoms with Crippen LogP contribution in [0, 0.1) is 6.92 Å². The molecule has 0 saturated carbocycles. The molecule has 6 heteroatoms. The van der Waals surface area contributed by atoms with Gasteiger partial charge in [0, 0.05) is 24.8 Å². The molecule has 26 heavy (non-hydrogen) atoms. The van der Waals surface area contributed by atoms with E-state index in [0.717, 1.165) is 29.7 Å². The molecule has 1 aromatic rings.